The topological polar surface area (TPSA) is 93.3 Å². The van der Waals surface area contributed by atoms with Crippen molar-refractivity contribution in [3.8, 4) is 0 Å². The van der Waals surface area contributed by atoms with Gasteiger partial charge in [-0.15, -0.1) is 0 Å². The number of nitrogens with zero attached hydrogens (tertiary/aromatic N) is 5. The van der Waals surface area contributed by atoms with Crippen LogP contribution in [0.1, 0.15) is 107 Å². The van der Waals surface area contributed by atoms with E-state index in [1.165, 1.54) is 4.90 Å². The molecule has 2 fully saturated rings. The standard InChI is InChI=1S/C20H20F3N3O2.C12H17F3N2O/c1-12-13(10-25-18(27)16-4-2-3-5-17(16)19(25)28)11-26(24-12)15-8-6-14(7-9-15)20(21,22)23;1-8-9(7-18)6-17(16-8)11-4-2-10(3-5-11)12(13,14)15/h2-5,11,14-15H,6-10H2,1H3;6,10-11,18H,2-5,7H2,1H3. The van der Waals surface area contributed by atoms with E-state index in [4.69, 9.17) is 5.11 Å². The Labute approximate surface area is 262 Å². The highest BCUT2D eigenvalue weighted by atomic mass is 19.4. The molecule has 0 bridgehead atoms. The fourth-order valence-electron chi connectivity index (χ4n) is 6.61. The minimum absolute atomic E-state index is 0.0302. The van der Waals surface area contributed by atoms with E-state index in [1.54, 1.807) is 59.9 Å². The van der Waals surface area contributed by atoms with Crippen LogP contribution in [0.15, 0.2) is 36.7 Å². The summed E-state index contributed by atoms with van der Waals surface area (Å²) in [6, 6.07) is 6.63. The summed E-state index contributed by atoms with van der Waals surface area (Å²) in [6.07, 6.45) is -2.35. The van der Waals surface area contributed by atoms with E-state index < -0.39 is 24.2 Å². The second-order valence-corrected chi connectivity index (χ2v) is 12.4. The lowest BCUT2D eigenvalue weighted by molar-refractivity contribution is -0.184. The second kappa shape index (κ2) is 13.2. The molecule has 0 spiro atoms. The number of amides is 2. The molecule has 8 nitrogen and oxygen atoms in total. The van der Waals surface area contributed by atoms with Crippen LogP contribution in [0.2, 0.25) is 0 Å². The first-order valence-electron chi connectivity index (χ1n) is 15.5. The summed E-state index contributed by atoms with van der Waals surface area (Å²) in [5, 5.41) is 17.8. The Morgan fingerprint density at radius 3 is 1.46 bits per heavy atom. The molecule has 2 saturated carbocycles. The Morgan fingerprint density at radius 1 is 0.696 bits per heavy atom. The van der Waals surface area contributed by atoms with Gasteiger partial charge in [-0.2, -0.15) is 36.5 Å². The number of imide groups is 1. The van der Waals surface area contributed by atoms with Gasteiger partial charge in [-0.05, 0) is 77.3 Å². The molecule has 0 atom stereocenters. The lowest BCUT2D eigenvalue weighted by Gasteiger charge is -2.29. The number of hydrogen-bond acceptors (Lipinski definition) is 5. The molecule has 46 heavy (non-hydrogen) atoms. The van der Waals surface area contributed by atoms with Gasteiger partial charge in [-0.1, -0.05) is 12.1 Å². The van der Waals surface area contributed by atoms with Crippen LogP contribution in [-0.4, -0.2) is 53.7 Å². The molecule has 0 unspecified atom stereocenters. The van der Waals surface area contributed by atoms with Gasteiger partial charge in [0.1, 0.15) is 0 Å². The Bertz CT molecular complexity index is 1510. The number of fused-ring (bicyclic) bond motifs is 1. The van der Waals surface area contributed by atoms with Crippen molar-refractivity contribution in [1.29, 1.82) is 0 Å². The minimum atomic E-state index is -4.14. The van der Waals surface area contributed by atoms with Crippen molar-refractivity contribution in [3.63, 3.8) is 0 Å². The van der Waals surface area contributed by atoms with Crippen LogP contribution in [-0.2, 0) is 13.2 Å². The van der Waals surface area contributed by atoms with Crippen molar-refractivity contribution in [2.75, 3.05) is 0 Å². The number of alkyl halides is 6. The molecule has 2 aliphatic carbocycles. The zero-order valence-electron chi connectivity index (χ0n) is 25.6. The Morgan fingerprint density at radius 2 is 1.09 bits per heavy atom. The third-order valence-electron chi connectivity index (χ3n) is 9.48. The largest absolute Gasteiger partial charge is 0.392 e. The van der Waals surface area contributed by atoms with Crippen LogP contribution in [0, 0.1) is 25.7 Å². The van der Waals surface area contributed by atoms with Gasteiger partial charge in [0.15, 0.2) is 0 Å². The van der Waals surface area contributed by atoms with Crippen molar-refractivity contribution in [1.82, 2.24) is 24.5 Å². The maximum absolute atomic E-state index is 12.9. The van der Waals surface area contributed by atoms with Gasteiger partial charge in [0.25, 0.3) is 11.8 Å². The molecular formula is C32H37F6N5O3. The van der Waals surface area contributed by atoms with Gasteiger partial charge in [0.05, 0.1) is 59.6 Å². The van der Waals surface area contributed by atoms with Crippen LogP contribution in [0.5, 0.6) is 0 Å². The normalized spacial score (nSPS) is 23.7. The third kappa shape index (κ3) is 7.16. The van der Waals surface area contributed by atoms with Gasteiger partial charge in [-0.3, -0.25) is 23.9 Å². The molecule has 2 aromatic heterocycles. The van der Waals surface area contributed by atoms with Crippen LogP contribution in [0.4, 0.5) is 26.3 Å². The van der Waals surface area contributed by atoms with E-state index in [0.29, 0.717) is 42.5 Å². The quantitative estimate of drug-likeness (QED) is 0.231. The predicted molar refractivity (Wildman–Crippen MR) is 155 cm³/mol. The monoisotopic (exact) mass is 653 g/mol. The highest BCUT2D eigenvalue weighted by Gasteiger charge is 2.43. The summed E-state index contributed by atoms with van der Waals surface area (Å²) >= 11 is 0. The maximum atomic E-state index is 12.9. The first-order valence-corrected chi connectivity index (χ1v) is 15.5. The lowest BCUT2D eigenvalue weighted by atomic mass is 9.86. The molecule has 6 rings (SSSR count). The van der Waals surface area contributed by atoms with Crippen molar-refractivity contribution in [3.05, 3.63) is 70.3 Å². The van der Waals surface area contributed by atoms with E-state index in [1.807, 2.05) is 0 Å². The number of aliphatic hydroxyl groups excluding tert-OH is 1. The molecule has 250 valence electrons. The average molecular weight is 654 g/mol. The van der Waals surface area contributed by atoms with Crippen molar-refractivity contribution in [2.45, 2.75) is 103 Å². The van der Waals surface area contributed by atoms with Gasteiger partial charge in [-0.25, -0.2) is 0 Å². The first kappa shape index (κ1) is 33.7. The van der Waals surface area contributed by atoms with E-state index >= 15 is 0 Å². The lowest BCUT2D eigenvalue weighted by Crippen LogP contribution is -2.29. The minimum Gasteiger partial charge on any atom is -0.392 e. The fraction of sp³-hybridized carbons (Fsp3) is 0.562. The number of hydrogen-bond donors (Lipinski definition) is 1. The average Bonchev–Trinajstić information content (AvgIpc) is 3.66. The number of aryl methyl sites for hydroxylation is 2. The molecule has 1 aromatic carbocycles. The summed E-state index contributed by atoms with van der Waals surface area (Å²) in [6.45, 7) is 3.61. The maximum Gasteiger partial charge on any atom is 0.391 e. The molecule has 3 heterocycles. The number of benzene rings is 1. The molecule has 3 aromatic rings. The van der Waals surface area contributed by atoms with Crippen molar-refractivity contribution < 1.29 is 41.0 Å². The summed E-state index contributed by atoms with van der Waals surface area (Å²) in [5.41, 5.74) is 3.68. The molecule has 0 saturated heterocycles. The zero-order chi connectivity index (χ0) is 33.4. The van der Waals surface area contributed by atoms with Crippen LogP contribution < -0.4 is 0 Å². The number of aromatic nitrogens is 4. The van der Waals surface area contributed by atoms with Gasteiger partial charge < -0.3 is 5.11 Å². The highest BCUT2D eigenvalue weighted by molar-refractivity contribution is 6.21. The number of carbonyl (C=O) groups is 2. The number of rotatable bonds is 5. The molecule has 14 heteroatoms. The number of aliphatic hydroxyl groups is 1. The van der Waals surface area contributed by atoms with Gasteiger partial charge in [0.2, 0.25) is 0 Å². The summed E-state index contributed by atoms with van der Waals surface area (Å²) in [4.78, 5) is 26.3. The molecule has 1 N–H and O–H groups in total. The van der Waals surface area contributed by atoms with Gasteiger partial charge in [0, 0.05) is 23.5 Å². The van der Waals surface area contributed by atoms with Crippen molar-refractivity contribution in [2.24, 2.45) is 11.8 Å². The van der Waals surface area contributed by atoms with E-state index in [0.717, 1.165) is 16.8 Å². The molecular weight excluding hydrogens is 616 g/mol. The number of halogens is 6. The van der Waals surface area contributed by atoms with E-state index in [-0.39, 0.29) is 62.7 Å². The SMILES string of the molecule is Cc1nn(C2CCC(C(F)(F)F)CC2)cc1CN1C(=O)c2ccccc2C1=O.Cc1nn(C2CCC(C(F)(F)F)CC2)cc1CO. The molecule has 2 amide bonds. The predicted octanol–water partition coefficient (Wildman–Crippen LogP) is 7.26. The van der Waals surface area contributed by atoms with Crippen LogP contribution in [0.3, 0.4) is 0 Å². The highest BCUT2D eigenvalue weighted by Crippen LogP contribution is 2.42. The summed E-state index contributed by atoms with van der Waals surface area (Å²) in [5.74, 6) is -3.07. The Hall–Kier alpha value is -3.68. The van der Waals surface area contributed by atoms with Crippen LogP contribution >= 0.6 is 0 Å². The number of carbonyl (C=O) groups excluding carboxylic acids is 2. The van der Waals surface area contributed by atoms with Crippen LogP contribution in [0.25, 0.3) is 0 Å². The van der Waals surface area contributed by atoms with E-state index in [2.05, 4.69) is 10.2 Å². The first-order chi connectivity index (χ1) is 21.7. The van der Waals surface area contributed by atoms with Crippen molar-refractivity contribution >= 4 is 11.8 Å². The molecule has 1 aliphatic heterocycles. The Kier molecular flexibility index (Phi) is 9.67. The molecule has 0 radical (unpaired) electrons. The summed E-state index contributed by atoms with van der Waals surface area (Å²) in [7, 11) is 0. The second-order valence-electron chi connectivity index (χ2n) is 12.4. The summed E-state index contributed by atoms with van der Waals surface area (Å²) < 4.78 is 79.6. The third-order valence-corrected chi connectivity index (χ3v) is 9.48. The fourth-order valence-corrected chi connectivity index (χ4v) is 6.61. The molecule has 3 aliphatic rings. The zero-order valence-corrected chi connectivity index (χ0v) is 25.6. The van der Waals surface area contributed by atoms with Gasteiger partial charge >= 0.3 is 12.4 Å². The Balaban J connectivity index is 0.000000200. The van der Waals surface area contributed by atoms with E-state index in [9.17, 15) is 35.9 Å². The smallest absolute Gasteiger partial charge is 0.391 e.